The van der Waals surface area contributed by atoms with E-state index in [9.17, 15) is 0 Å². The quantitative estimate of drug-likeness (QED) is 0.806. The lowest BCUT2D eigenvalue weighted by Crippen LogP contribution is -2.27. The molecular weight excluding hydrogens is 186 g/mol. The maximum absolute atomic E-state index is 9.02. The first-order chi connectivity index (χ1) is 7.19. The van der Waals surface area contributed by atoms with E-state index in [4.69, 9.17) is 5.26 Å². The van der Waals surface area contributed by atoms with Crippen LogP contribution >= 0.6 is 0 Å². The number of hydrogen-bond donors (Lipinski definition) is 1. The summed E-state index contributed by atoms with van der Waals surface area (Å²) in [5, 5.41) is 12.1. The first kappa shape index (κ1) is 11.5. The van der Waals surface area contributed by atoms with Crippen LogP contribution in [0.1, 0.15) is 11.1 Å². The molecule has 1 rings (SSSR count). The van der Waals surface area contributed by atoms with Gasteiger partial charge in [0.15, 0.2) is 0 Å². The zero-order valence-corrected chi connectivity index (χ0v) is 9.54. The first-order valence-corrected chi connectivity index (χ1v) is 5.05. The predicted octanol–water partition coefficient (Wildman–Crippen LogP) is 1.52. The van der Waals surface area contributed by atoms with Gasteiger partial charge in [-0.3, -0.25) is 0 Å². The Bertz CT molecular complexity index is 366. The molecule has 0 aromatic heterocycles. The minimum Gasteiger partial charge on any atom is -0.372 e. The summed E-state index contributed by atoms with van der Waals surface area (Å²) in [5.41, 5.74) is 2.87. The van der Waals surface area contributed by atoms with Gasteiger partial charge in [0.25, 0.3) is 0 Å². The summed E-state index contributed by atoms with van der Waals surface area (Å²) < 4.78 is 0. The number of aryl methyl sites for hydroxylation is 1. The monoisotopic (exact) mass is 203 g/mol. The molecule has 0 aliphatic heterocycles. The number of likely N-dealkylation sites (N-methyl/N-ethyl adjacent to an activating group) is 2. The maximum atomic E-state index is 9.02. The second-order valence-electron chi connectivity index (χ2n) is 3.66. The SMILES string of the molecule is CNCCN(C)c1ccc(C)cc1C#N. The summed E-state index contributed by atoms with van der Waals surface area (Å²) >= 11 is 0. The molecule has 0 spiro atoms. The summed E-state index contributed by atoms with van der Waals surface area (Å²) in [6.45, 7) is 3.81. The Balaban J connectivity index is 2.89. The molecule has 0 saturated carbocycles. The van der Waals surface area contributed by atoms with E-state index in [1.54, 1.807) is 0 Å². The van der Waals surface area contributed by atoms with Crippen LogP contribution in [-0.2, 0) is 0 Å². The van der Waals surface area contributed by atoms with Crippen molar-refractivity contribution in [2.75, 3.05) is 32.1 Å². The molecule has 0 atom stereocenters. The second-order valence-corrected chi connectivity index (χ2v) is 3.66. The number of nitrogens with one attached hydrogen (secondary N) is 1. The van der Waals surface area contributed by atoms with E-state index in [-0.39, 0.29) is 0 Å². The standard InChI is InChI=1S/C12H17N3/c1-10-4-5-12(11(8-10)9-13)15(3)7-6-14-2/h4-5,8,14H,6-7H2,1-3H3. The largest absolute Gasteiger partial charge is 0.372 e. The molecule has 3 heteroatoms. The van der Waals surface area contributed by atoms with Crippen LogP contribution in [0.3, 0.4) is 0 Å². The molecule has 0 fully saturated rings. The normalized spacial score (nSPS) is 9.73. The van der Waals surface area contributed by atoms with Crippen LogP contribution in [0.25, 0.3) is 0 Å². The Labute approximate surface area is 91.3 Å². The van der Waals surface area contributed by atoms with Crippen molar-refractivity contribution >= 4 is 5.69 Å². The number of nitriles is 1. The fourth-order valence-corrected chi connectivity index (χ4v) is 1.47. The van der Waals surface area contributed by atoms with E-state index in [0.717, 1.165) is 29.9 Å². The fraction of sp³-hybridized carbons (Fsp3) is 0.417. The number of rotatable bonds is 4. The Kier molecular flexibility index (Phi) is 4.14. The lowest BCUT2D eigenvalue weighted by Gasteiger charge is -2.20. The van der Waals surface area contributed by atoms with Gasteiger partial charge in [0, 0.05) is 20.1 Å². The van der Waals surface area contributed by atoms with Gasteiger partial charge in [0.2, 0.25) is 0 Å². The molecule has 80 valence electrons. The molecule has 0 saturated heterocycles. The van der Waals surface area contributed by atoms with Gasteiger partial charge in [-0.2, -0.15) is 5.26 Å². The molecular formula is C12H17N3. The molecule has 3 nitrogen and oxygen atoms in total. The van der Waals surface area contributed by atoms with Crippen molar-refractivity contribution in [3.63, 3.8) is 0 Å². The van der Waals surface area contributed by atoms with Crippen molar-refractivity contribution in [2.45, 2.75) is 6.92 Å². The van der Waals surface area contributed by atoms with Crippen molar-refractivity contribution in [2.24, 2.45) is 0 Å². The van der Waals surface area contributed by atoms with Gasteiger partial charge in [-0.25, -0.2) is 0 Å². The van der Waals surface area contributed by atoms with E-state index in [1.807, 2.05) is 39.2 Å². The van der Waals surface area contributed by atoms with Gasteiger partial charge in [-0.15, -0.1) is 0 Å². The molecule has 0 aliphatic rings. The smallest absolute Gasteiger partial charge is 0.101 e. The van der Waals surface area contributed by atoms with Crippen LogP contribution in [0, 0.1) is 18.3 Å². The minimum absolute atomic E-state index is 0.744. The van der Waals surface area contributed by atoms with Crippen molar-refractivity contribution < 1.29 is 0 Å². The lowest BCUT2D eigenvalue weighted by atomic mass is 10.1. The van der Waals surface area contributed by atoms with E-state index in [0.29, 0.717) is 0 Å². The minimum atomic E-state index is 0.744. The third-order valence-electron chi connectivity index (χ3n) is 2.38. The van der Waals surface area contributed by atoms with Crippen LogP contribution < -0.4 is 10.2 Å². The highest BCUT2D eigenvalue weighted by atomic mass is 15.1. The van der Waals surface area contributed by atoms with E-state index < -0.39 is 0 Å². The summed E-state index contributed by atoms with van der Waals surface area (Å²) in [4.78, 5) is 2.09. The molecule has 0 amide bonds. The van der Waals surface area contributed by atoms with Gasteiger partial charge >= 0.3 is 0 Å². The highest BCUT2D eigenvalue weighted by Gasteiger charge is 2.06. The molecule has 15 heavy (non-hydrogen) atoms. The van der Waals surface area contributed by atoms with Crippen molar-refractivity contribution in [3.8, 4) is 6.07 Å². The van der Waals surface area contributed by atoms with Gasteiger partial charge in [-0.1, -0.05) is 6.07 Å². The second kappa shape index (κ2) is 5.38. The molecule has 1 aromatic carbocycles. The van der Waals surface area contributed by atoms with Crippen molar-refractivity contribution in [1.82, 2.24) is 5.32 Å². The molecule has 0 bridgehead atoms. The van der Waals surface area contributed by atoms with Crippen molar-refractivity contribution in [1.29, 1.82) is 5.26 Å². The van der Waals surface area contributed by atoms with Gasteiger partial charge < -0.3 is 10.2 Å². The van der Waals surface area contributed by atoms with E-state index in [1.165, 1.54) is 0 Å². The number of anilines is 1. The molecule has 1 aromatic rings. The summed E-state index contributed by atoms with van der Waals surface area (Å²) in [5.74, 6) is 0. The molecule has 0 aliphatic carbocycles. The van der Waals surface area contributed by atoms with E-state index in [2.05, 4.69) is 16.3 Å². The van der Waals surface area contributed by atoms with Crippen LogP contribution in [0.15, 0.2) is 18.2 Å². The van der Waals surface area contributed by atoms with Crippen LogP contribution in [-0.4, -0.2) is 27.2 Å². The molecule has 0 heterocycles. The summed E-state index contributed by atoms with van der Waals surface area (Å²) in [6, 6.07) is 8.19. The topological polar surface area (TPSA) is 39.1 Å². The van der Waals surface area contributed by atoms with Crippen molar-refractivity contribution in [3.05, 3.63) is 29.3 Å². The molecule has 0 unspecified atom stereocenters. The zero-order chi connectivity index (χ0) is 11.3. The Morgan fingerprint density at radius 3 is 2.80 bits per heavy atom. The molecule has 1 N–H and O–H groups in total. The number of benzene rings is 1. The third-order valence-corrected chi connectivity index (χ3v) is 2.38. The van der Waals surface area contributed by atoms with Gasteiger partial charge in [0.05, 0.1) is 11.3 Å². The average Bonchev–Trinajstić information content (AvgIpc) is 2.25. The fourth-order valence-electron chi connectivity index (χ4n) is 1.47. The van der Waals surface area contributed by atoms with Crippen LogP contribution in [0.5, 0.6) is 0 Å². The summed E-state index contributed by atoms with van der Waals surface area (Å²) in [7, 11) is 3.93. The lowest BCUT2D eigenvalue weighted by molar-refractivity contribution is 0.767. The van der Waals surface area contributed by atoms with Crippen LogP contribution in [0.4, 0.5) is 5.69 Å². The summed E-state index contributed by atoms with van der Waals surface area (Å²) in [6.07, 6.45) is 0. The molecule has 0 radical (unpaired) electrons. The third kappa shape index (κ3) is 2.97. The maximum Gasteiger partial charge on any atom is 0.101 e. The number of hydrogen-bond acceptors (Lipinski definition) is 3. The predicted molar refractivity (Wildman–Crippen MR) is 63.1 cm³/mol. The Morgan fingerprint density at radius 1 is 1.47 bits per heavy atom. The van der Waals surface area contributed by atoms with E-state index >= 15 is 0 Å². The first-order valence-electron chi connectivity index (χ1n) is 5.05. The van der Waals surface area contributed by atoms with Gasteiger partial charge in [0.1, 0.15) is 6.07 Å². The zero-order valence-electron chi connectivity index (χ0n) is 9.54. The highest BCUT2D eigenvalue weighted by Crippen LogP contribution is 2.19. The van der Waals surface area contributed by atoms with Gasteiger partial charge in [-0.05, 0) is 31.7 Å². The Morgan fingerprint density at radius 2 is 2.20 bits per heavy atom. The number of nitrogens with zero attached hydrogens (tertiary/aromatic N) is 2. The Hall–Kier alpha value is -1.53. The highest BCUT2D eigenvalue weighted by molar-refractivity contribution is 5.59. The average molecular weight is 203 g/mol. The van der Waals surface area contributed by atoms with Crippen LogP contribution in [0.2, 0.25) is 0 Å².